The number of ether oxygens (including phenoxy) is 2. The number of carboxylic acid groups (broad SMARTS) is 1. The smallest absolute Gasteiger partial charge is 0.336 e. The van der Waals surface area contributed by atoms with Crippen LogP contribution < -0.4 is 0 Å². The third-order valence-electron chi connectivity index (χ3n) is 6.37. The number of aromatic nitrogens is 3. The molecule has 0 radical (unpaired) electrons. The lowest BCUT2D eigenvalue weighted by Crippen LogP contribution is -2.32. The summed E-state index contributed by atoms with van der Waals surface area (Å²) in [5, 5.41) is 14.3. The van der Waals surface area contributed by atoms with E-state index < -0.39 is 11.8 Å². The van der Waals surface area contributed by atoms with Crippen LogP contribution in [0.15, 0.2) is 48.5 Å². The van der Waals surface area contributed by atoms with E-state index in [9.17, 15) is 9.90 Å². The van der Waals surface area contributed by atoms with E-state index in [1.807, 2.05) is 41.1 Å². The van der Waals surface area contributed by atoms with Gasteiger partial charge in [-0.15, -0.1) is 5.10 Å². The highest BCUT2D eigenvalue weighted by atomic mass is 16.7. The molecule has 3 aromatic rings. The molecule has 2 aromatic carbocycles. The Morgan fingerprint density at radius 3 is 2.35 bits per heavy atom. The molecule has 0 amide bonds. The fraction of sp³-hybridized carbons (Fsp3) is 0.444. The van der Waals surface area contributed by atoms with E-state index in [-0.39, 0.29) is 11.5 Å². The minimum Gasteiger partial charge on any atom is -0.478 e. The summed E-state index contributed by atoms with van der Waals surface area (Å²) < 4.78 is 13.5. The molecule has 7 nitrogen and oxygen atoms in total. The molecule has 1 N–H and O–H groups in total. The first-order valence-electron chi connectivity index (χ1n) is 11.9. The first kappa shape index (κ1) is 25.6. The highest BCUT2D eigenvalue weighted by Crippen LogP contribution is 2.31. The molecule has 3 rings (SSSR count). The van der Waals surface area contributed by atoms with Crippen molar-refractivity contribution >= 4 is 5.97 Å². The van der Waals surface area contributed by atoms with E-state index in [4.69, 9.17) is 19.6 Å². The van der Waals surface area contributed by atoms with Gasteiger partial charge in [0.15, 0.2) is 0 Å². The second-order valence-electron chi connectivity index (χ2n) is 8.57. The lowest BCUT2D eigenvalue weighted by atomic mass is 9.99. The predicted molar refractivity (Wildman–Crippen MR) is 132 cm³/mol. The molecule has 1 heterocycles. The normalized spacial score (nSPS) is 12.6. The van der Waals surface area contributed by atoms with Crippen molar-refractivity contribution in [2.45, 2.75) is 64.7 Å². The zero-order chi connectivity index (χ0) is 24.7. The van der Waals surface area contributed by atoms with Gasteiger partial charge in [-0.3, -0.25) is 0 Å². The number of carbonyl (C=O) groups is 1. The summed E-state index contributed by atoms with van der Waals surface area (Å²) in [6.45, 7) is 6.95. The highest BCUT2D eigenvalue weighted by molar-refractivity contribution is 5.95. The van der Waals surface area contributed by atoms with Crippen LogP contribution in [-0.4, -0.2) is 40.1 Å². The molecule has 0 aliphatic heterocycles. The summed E-state index contributed by atoms with van der Waals surface area (Å²) in [7, 11) is 3.27. The maximum absolute atomic E-state index is 11.6. The van der Waals surface area contributed by atoms with E-state index >= 15 is 0 Å². The van der Waals surface area contributed by atoms with Gasteiger partial charge in [-0.1, -0.05) is 69.7 Å². The van der Waals surface area contributed by atoms with Gasteiger partial charge in [0.1, 0.15) is 5.82 Å². The van der Waals surface area contributed by atoms with Gasteiger partial charge in [0.05, 0.1) is 12.1 Å². The Morgan fingerprint density at radius 2 is 1.76 bits per heavy atom. The second-order valence-corrected chi connectivity index (χ2v) is 8.57. The van der Waals surface area contributed by atoms with Crippen LogP contribution in [0.25, 0.3) is 11.1 Å². The zero-order valence-electron chi connectivity index (χ0n) is 20.7. The summed E-state index contributed by atoms with van der Waals surface area (Å²) in [5.74, 6) is -0.231. The molecule has 1 atom stereocenters. The quantitative estimate of drug-likeness (QED) is 0.338. The SMILES string of the molecule is CCCCC(OC)(OC)c1nc(C(C)CC)n(Cc2ccc(-c3ccccc3C(=O)O)cc2)n1. The molecule has 0 saturated carbocycles. The number of nitrogens with zero attached hydrogens (tertiary/aromatic N) is 3. The van der Waals surface area contributed by atoms with Crippen molar-refractivity contribution in [2.24, 2.45) is 0 Å². The molecule has 0 aliphatic carbocycles. The van der Waals surface area contributed by atoms with Gasteiger partial charge in [0.2, 0.25) is 11.6 Å². The molecular formula is C27H35N3O4. The number of aromatic carboxylic acids is 1. The zero-order valence-corrected chi connectivity index (χ0v) is 20.7. The second kappa shape index (κ2) is 11.4. The van der Waals surface area contributed by atoms with Crippen LogP contribution in [0.5, 0.6) is 0 Å². The van der Waals surface area contributed by atoms with Crippen molar-refractivity contribution in [3.63, 3.8) is 0 Å². The predicted octanol–water partition coefficient (Wildman–Crippen LogP) is 5.84. The van der Waals surface area contributed by atoms with Crippen molar-refractivity contribution < 1.29 is 19.4 Å². The van der Waals surface area contributed by atoms with Crippen LogP contribution >= 0.6 is 0 Å². The number of hydrogen-bond donors (Lipinski definition) is 1. The molecule has 0 spiro atoms. The molecule has 0 fully saturated rings. The minimum absolute atomic E-state index is 0.223. The van der Waals surface area contributed by atoms with Crippen molar-refractivity contribution in [3.05, 3.63) is 71.3 Å². The van der Waals surface area contributed by atoms with E-state index in [1.54, 1.807) is 26.4 Å². The minimum atomic E-state index is -0.964. The van der Waals surface area contributed by atoms with E-state index in [0.717, 1.165) is 36.2 Å². The van der Waals surface area contributed by atoms with Gasteiger partial charge in [-0.05, 0) is 35.6 Å². The van der Waals surface area contributed by atoms with Crippen LogP contribution in [0.1, 0.15) is 79.9 Å². The van der Waals surface area contributed by atoms with Gasteiger partial charge >= 0.3 is 5.97 Å². The lowest BCUT2D eigenvalue weighted by Gasteiger charge is -2.27. The van der Waals surface area contributed by atoms with Gasteiger partial charge in [-0.2, -0.15) is 0 Å². The molecule has 34 heavy (non-hydrogen) atoms. The summed E-state index contributed by atoms with van der Waals surface area (Å²) in [5.41, 5.74) is 2.90. The van der Waals surface area contributed by atoms with E-state index in [0.29, 0.717) is 24.4 Å². The number of carboxylic acids is 1. The Labute approximate surface area is 201 Å². The maximum Gasteiger partial charge on any atom is 0.336 e. The first-order valence-corrected chi connectivity index (χ1v) is 11.9. The first-order chi connectivity index (χ1) is 16.4. The Bertz CT molecular complexity index is 1090. The largest absolute Gasteiger partial charge is 0.478 e. The third kappa shape index (κ3) is 5.37. The topological polar surface area (TPSA) is 86.5 Å². The monoisotopic (exact) mass is 465 g/mol. The van der Waals surface area contributed by atoms with Crippen LogP contribution in [0.3, 0.4) is 0 Å². The van der Waals surface area contributed by atoms with E-state index in [1.165, 1.54) is 0 Å². The van der Waals surface area contributed by atoms with E-state index in [2.05, 4.69) is 20.8 Å². The number of rotatable bonds is 12. The van der Waals surface area contributed by atoms with Crippen molar-refractivity contribution in [2.75, 3.05) is 14.2 Å². The Hall–Kier alpha value is -3.03. The number of unbranched alkanes of at least 4 members (excludes halogenated alkanes) is 1. The van der Waals surface area contributed by atoms with Gasteiger partial charge in [-0.25, -0.2) is 14.5 Å². The van der Waals surface area contributed by atoms with Crippen molar-refractivity contribution in [3.8, 4) is 11.1 Å². The van der Waals surface area contributed by atoms with Crippen LogP contribution in [0.2, 0.25) is 0 Å². The van der Waals surface area contributed by atoms with Crippen LogP contribution in [0, 0.1) is 0 Å². The fourth-order valence-electron chi connectivity index (χ4n) is 4.05. The van der Waals surface area contributed by atoms with Crippen LogP contribution in [-0.2, 0) is 21.8 Å². The summed E-state index contributed by atoms with van der Waals surface area (Å²) in [4.78, 5) is 16.5. The molecular weight excluding hydrogens is 430 g/mol. The molecule has 0 bridgehead atoms. The number of benzene rings is 2. The molecule has 0 saturated heterocycles. The standard InChI is InChI=1S/C27H35N3O4/c1-6-8-17-27(33-4,34-5)26-28-24(19(3)7-2)30(29-26)18-20-13-15-21(16-14-20)22-11-9-10-12-23(22)25(31)32/h9-16,19H,6-8,17-18H2,1-5H3,(H,31,32). The van der Waals surface area contributed by atoms with Crippen molar-refractivity contribution in [1.82, 2.24) is 14.8 Å². The average Bonchev–Trinajstić information content (AvgIpc) is 3.29. The average molecular weight is 466 g/mol. The number of methoxy groups -OCH3 is 2. The Kier molecular flexibility index (Phi) is 8.58. The fourth-order valence-corrected chi connectivity index (χ4v) is 4.05. The lowest BCUT2D eigenvalue weighted by molar-refractivity contribution is -0.226. The van der Waals surface area contributed by atoms with Gasteiger partial charge in [0, 0.05) is 26.6 Å². The Morgan fingerprint density at radius 1 is 1.09 bits per heavy atom. The highest BCUT2D eigenvalue weighted by Gasteiger charge is 2.37. The molecule has 1 unspecified atom stereocenters. The van der Waals surface area contributed by atoms with Gasteiger partial charge < -0.3 is 14.6 Å². The summed E-state index contributed by atoms with van der Waals surface area (Å²) >= 11 is 0. The molecule has 0 aliphatic rings. The molecule has 7 heteroatoms. The third-order valence-corrected chi connectivity index (χ3v) is 6.37. The van der Waals surface area contributed by atoms with Crippen molar-refractivity contribution in [1.29, 1.82) is 0 Å². The maximum atomic E-state index is 11.6. The molecule has 182 valence electrons. The summed E-state index contributed by atoms with van der Waals surface area (Å²) in [6, 6.07) is 15.0. The van der Waals surface area contributed by atoms with Crippen LogP contribution in [0.4, 0.5) is 0 Å². The summed E-state index contributed by atoms with van der Waals surface area (Å²) in [6.07, 6.45) is 3.57. The molecule has 1 aromatic heterocycles. The van der Waals surface area contributed by atoms with Gasteiger partial charge in [0.25, 0.3) is 0 Å². The number of hydrogen-bond acceptors (Lipinski definition) is 5. The Balaban J connectivity index is 1.94.